The van der Waals surface area contributed by atoms with Gasteiger partial charge in [0.05, 0.1) is 0 Å². The SMILES string of the molecule is C[C@@]12OC(=O)[C@@]3(c4ccccc4)C[C@@H]1Cc1ccccc1N32. The molecule has 0 unspecified atom stereocenters. The van der Waals surface area contributed by atoms with Gasteiger partial charge in [-0.3, -0.25) is 0 Å². The molecule has 0 radical (unpaired) electrons. The van der Waals surface area contributed by atoms with Crippen molar-refractivity contribution in [1.29, 1.82) is 0 Å². The van der Waals surface area contributed by atoms with Gasteiger partial charge in [-0.1, -0.05) is 48.5 Å². The number of hydrogen-bond acceptors (Lipinski definition) is 3. The van der Waals surface area contributed by atoms with Gasteiger partial charge in [-0.15, -0.1) is 0 Å². The summed E-state index contributed by atoms with van der Waals surface area (Å²) in [6.07, 6.45) is 1.81. The Balaban J connectivity index is 1.81. The molecule has 0 amide bonds. The van der Waals surface area contributed by atoms with E-state index in [4.69, 9.17) is 4.74 Å². The number of hydrogen-bond donors (Lipinski definition) is 0. The van der Waals surface area contributed by atoms with E-state index in [1.54, 1.807) is 0 Å². The van der Waals surface area contributed by atoms with Crippen LogP contribution in [0, 0.1) is 5.92 Å². The lowest BCUT2D eigenvalue weighted by molar-refractivity contribution is -0.161. The first-order chi connectivity index (χ1) is 10.7. The van der Waals surface area contributed by atoms with Gasteiger partial charge in [0.1, 0.15) is 0 Å². The summed E-state index contributed by atoms with van der Waals surface area (Å²) >= 11 is 0. The molecule has 4 bridgehead atoms. The molecule has 0 spiro atoms. The van der Waals surface area contributed by atoms with Crippen LogP contribution in [-0.2, 0) is 21.5 Å². The van der Waals surface area contributed by atoms with Crippen LogP contribution in [0.2, 0.25) is 0 Å². The highest BCUT2D eigenvalue weighted by atomic mass is 16.6. The molecule has 0 N–H and O–H groups in total. The molecule has 0 saturated carbocycles. The van der Waals surface area contributed by atoms with Crippen LogP contribution in [0.1, 0.15) is 24.5 Å². The maximum Gasteiger partial charge on any atom is 0.338 e. The normalized spacial score (nSPS) is 34.5. The van der Waals surface area contributed by atoms with Crippen LogP contribution in [-0.4, -0.2) is 11.7 Å². The summed E-state index contributed by atoms with van der Waals surface area (Å²) in [4.78, 5) is 15.1. The Kier molecular flexibility index (Phi) is 2.08. The summed E-state index contributed by atoms with van der Waals surface area (Å²) in [6, 6.07) is 18.5. The standard InChI is InChI=1S/C19H17NO2/c1-18-15-11-13-7-5-6-10-16(13)20(18)19(12-15,17(21)22-18)14-8-3-2-4-9-14/h2-10,15H,11-12H2,1H3/t15-,18+,19-/m0/s1. The molecule has 0 aromatic heterocycles. The van der Waals surface area contributed by atoms with Crippen molar-refractivity contribution in [1.82, 2.24) is 0 Å². The Bertz CT molecular complexity index is 787. The molecule has 3 nitrogen and oxygen atoms in total. The zero-order chi connectivity index (χ0) is 14.9. The number of carbonyl (C=O) groups is 1. The van der Waals surface area contributed by atoms with Crippen molar-refractivity contribution < 1.29 is 9.53 Å². The third kappa shape index (κ3) is 1.18. The highest BCUT2D eigenvalue weighted by Crippen LogP contribution is 2.63. The van der Waals surface area contributed by atoms with Crippen molar-refractivity contribution in [2.45, 2.75) is 31.0 Å². The molecule has 22 heavy (non-hydrogen) atoms. The fourth-order valence-electron chi connectivity index (χ4n) is 4.73. The molecular weight excluding hydrogens is 274 g/mol. The molecule has 3 atom stereocenters. The largest absolute Gasteiger partial charge is 0.437 e. The molecule has 0 aliphatic carbocycles. The predicted octanol–water partition coefficient (Wildman–Crippen LogP) is 3.24. The van der Waals surface area contributed by atoms with Crippen LogP contribution in [0.3, 0.4) is 0 Å². The van der Waals surface area contributed by atoms with Crippen molar-refractivity contribution in [2.24, 2.45) is 5.92 Å². The molecule has 3 aliphatic rings. The zero-order valence-corrected chi connectivity index (χ0v) is 12.5. The number of para-hydroxylation sites is 1. The highest BCUT2D eigenvalue weighted by molar-refractivity contribution is 5.94. The average Bonchev–Trinajstić information content (AvgIpc) is 2.84. The van der Waals surface area contributed by atoms with Gasteiger partial charge in [0.2, 0.25) is 0 Å². The van der Waals surface area contributed by atoms with Gasteiger partial charge >= 0.3 is 5.97 Å². The van der Waals surface area contributed by atoms with Gasteiger partial charge in [0, 0.05) is 11.6 Å². The average molecular weight is 291 g/mol. The smallest absolute Gasteiger partial charge is 0.338 e. The second kappa shape index (κ2) is 3.72. The number of carbonyl (C=O) groups excluding carboxylic acids is 1. The highest BCUT2D eigenvalue weighted by Gasteiger charge is 2.72. The first-order valence-corrected chi connectivity index (χ1v) is 7.83. The summed E-state index contributed by atoms with van der Waals surface area (Å²) in [6.45, 7) is 2.07. The first kappa shape index (κ1) is 12.3. The van der Waals surface area contributed by atoms with Crippen molar-refractivity contribution in [3.63, 3.8) is 0 Å². The third-order valence-corrected chi connectivity index (χ3v) is 5.71. The summed E-state index contributed by atoms with van der Waals surface area (Å²) in [5, 5.41) is 0. The van der Waals surface area contributed by atoms with Crippen molar-refractivity contribution >= 4 is 11.7 Å². The van der Waals surface area contributed by atoms with Gasteiger partial charge in [0.25, 0.3) is 0 Å². The molecule has 2 fully saturated rings. The molecule has 3 heteroatoms. The quantitative estimate of drug-likeness (QED) is 0.755. The minimum Gasteiger partial charge on any atom is -0.437 e. The first-order valence-electron chi connectivity index (χ1n) is 7.83. The van der Waals surface area contributed by atoms with E-state index in [-0.39, 0.29) is 5.97 Å². The predicted molar refractivity (Wildman–Crippen MR) is 83.3 cm³/mol. The Morgan fingerprint density at radius 3 is 2.64 bits per heavy atom. The Morgan fingerprint density at radius 1 is 1.09 bits per heavy atom. The molecule has 2 saturated heterocycles. The number of anilines is 1. The zero-order valence-electron chi connectivity index (χ0n) is 12.5. The van der Waals surface area contributed by atoms with Crippen LogP contribution in [0.25, 0.3) is 0 Å². The Labute approximate surface area is 129 Å². The van der Waals surface area contributed by atoms with Gasteiger partial charge < -0.3 is 9.64 Å². The Hall–Kier alpha value is -2.29. The van der Waals surface area contributed by atoms with Crippen molar-refractivity contribution in [3.8, 4) is 0 Å². The maximum atomic E-state index is 12.9. The minimum absolute atomic E-state index is 0.103. The van der Waals surface area contributed by atoms with Crippen LogP contribution < -0.4 is 4.90 Å². The van der Waals surface area contributed by atoms with Gasteiger partial charge in [-0.25, -0.2) is 4.79 Å². The second-order valence-corrected chi connectivity index (χ2v) is 6.74. The van der Waals surface area contributed by atoms with E-state index in [1.165, 1.54) is 5.56 Å². The van der Waals surface area contributed by atoms with Gasteiger partial charge in [-0.2, -0.15) is 0 Å². The third-order valence-electron chi connectivity index (χ3n) is 5.71. The molecule has 2 aromatic rings. The lowest BCUT2D eigenvalue weighted by Gasteiger charge is -2.41. The van der Waals surface area contributed by atoms with E-state index in [1.807, 2.05) is 24.3 Å². The molecule has 3 heterocycles. The summed E-state index contributed by atoms with van der Waals surface area (Å²) in [5.74, 6) is 0.245. The monoisotopic (exact) mass is 291 g/mol. The second-order valence-electron chi connectivity index (χ2n) is 6.74. The fraction of sp³-hybridized carbons (Fsp3) is 0.316. The Morgan fingerprint density at radius 2 is 1.82 bits per heavy atom. The minimum atomic E-state index is -0.659. The summed E-state index contributed by atoms with van der Waals surface area (Å²) in [7, 11) is 0. The summed E-state index contributed by atoms with van der Waals surface area (Å²) in [5.41, 5.74) is 2.34. The molecular formula is C19H17NO2. The van der Waals surface area contributed by atoms with E-state index < -0.39 is 11.3 Å². The van der Waals surface area contributed by atoms with E-state index in [0.29, 0.717) is 5.92 Å². The van der Waals surface area contributed by atoms with Crippen LogP contribution in [0.15, 0.2) is 54.6 Å². The topological polar surface area (TPSA) is 29.5 Å². The fourth-order valence-corrected chi connectivity index (χ4v) is 4.73. The van der Waals surface area contributed by atoms with Crippen LogP contribution in [0.4, 0.5) is 5.69 Å². The summed E-state index contributed by atoms with van der Waals surface area (Å²) < 4.78 is 5.92. The number of rotatable bonds is 1. The van der Waals surface area contributed by atoms with Crippen LogP contribution >= 0.6 is 0 Å². The van der Waals surface area contributed by atoms with Crippen molar-refractivity contribution in [2.75, 3.05) is 4.90 Å². The number of nitrogens with zero attached hydrogens (tertiary/aromatic N) is 1. The number of benzene rings is 2. The van der Waals surface area contributed by atoms with E-state index >= 15 is 0 Å². The molecule has 2 aromatic carbocycles. The lowest BCUT2D eigenvalue weighted by atomic mass is 9.81. The van der Waals surface area contributed by atoms with Gasteiger partial charge in [0.15, 0.2) is 11.3 Å². The van der Waals surface area contributed by atoms with Gasteiger partial charge in [-0.05, 0) is 37.0 Å². The molecule has 3 aliphatic heterocycles. The number of esters is 1. The van der Waals surface area contributed by atoms with E-state index in [9.17, 15) is 4.79 Å². The van der Waals surface area contributed by atoms with Crippen molar-refractivity contribution in [3.05, 3.63) is 65.7 Å². The molecule has 5 rings (SSSR count). The lowest BCUT2D eigenvalue weighted by Crippen LogP contribution is -2.49. The van der Waals surface area contributed by atoms with E-state index in [0.717, 1.165) is 24.1 Å². The molecule has 110 valence electrons. The maximum absolute atomic E-state index is 12.9. The van der Waals surface area contributed by atoms with Crippen LogP contribution in [0.5, 0.6) is 0 Å². The number of fused-ring (bicyclic) bond motifs is 1. The van der Waals surface area contributed by atoms with E-state index in [2.05, 4.69) is 42.2 Å². The number of ether oxygens (including phenoxy) is 1.